The molecule has 0 fully saturated rings. The van der Waals surface area contributed by atoms with Crippen LogP contribution in [0.2, 0.25) is 0 Å². The maximum atomic E-state index is 13.2. The van der Waals surface area contributed by atoms with Gasteiger partial charge >= 0.3 is 0 Å². The molecule has 0 bridgehead atoms. The van der Waals surface area contributed by atoms with E-state index >= 15 is 0 Å². The number of benzene rings is 2. The second-order valence-electron chi connectivity index (χ2n) is 7.21. The smallest absolute Gasteiger partial charge is 0.281 e. The summed E-state index contributed by atoms with van der Waals surface area (Å²) in [6.45, 7) is 1.68. The minimum absolute atomic E-state index is 0.263. The number of aromatic nitrogens is 4. The Morgan fingerprint density at radius 2 is 1.78 bits per heavy atom. The molecule has 3 aromatic heterocycles. The van der Waals surface area contributed by atoms with Crippen molar-refractivity contribution in [1.29, 1.82) is 0 Å². The van der Waals surface area contributed by atoms with E-state index < -0.39 is 11.5 Å². The maximum absolute atomic E-state index is 13.2. The zero-order valence-corrected chi connectivity index (χ0v) is 17.8. The van der Waals surface area contributed by atoms with E-state index in [-0.39, 0.29) is 12.1 Å². The highest BCUT2D eigenvalue weighted by Gasteiger charge is 2.18. The molecule has 2 aromatic carbocycles. The van der Waals surface area contributed by atoms with Gasteiger partial charge in [-0.05, 0) is 24.6 Å². The van der Waals surface area contributed by atoms with Crippen LogP contribution in [-0.2, 0) is 11.3 Å². The lowest BCUT2D eigenvalue weighted by Gasteiger charge is -2.11. The lowest BCUT2D eigenvalue weighted by Crippen LogP contribution is -2.37. The number of amides is 1. The molecule has 8 nitrogen and oxygen atoms in total. The van der Waals surface area contributed by atoms with Crippen LogP contribution in [-0.4, -0.2) is 25.1 Å². The Morgan fingerprint density at radius 1 is 1.03 bits per heavy atom. The van der Waals surface area contributed by atoms with E-state index in [2.05, 4.69) is 15.4 Å². The molecule has 1 amide bonds. The molecule has 0 saturated heterocycles. The second kappa shape index (κ2) is 7.86. The Balaban J connectivity index is 1.52. The summed E-state index contributed by atoms with van der Waals surface area (Å²) < 4.78 is 2.39. The predicted molar refractivity (Wildman–Crippen MR) is 124 cm³/mol. The van der Waals surface area contributed by atoms with Crippen molar-refractivity contribution in [2.75, 3.05) is 5.43 Å². The molecular formula is C23H17N5O3S. The van der Waals surface area contributed by atoms with Crippen LogP contribution in [0.15, 0.2) is 76.7 Å². The van der Waals surface area contributed by atoms with E-state index in [1.54, 1.807) is 24.3 Å². The van der Waals surface area contributed by atoms with Crippen molar-refractivity contribution in [1.82, 2.24) is 19.2 Å². The van der Waals surface area contributed by atoms with Gasteiger partial charge in [0.2, 0.25) is 0 Å². The third kappa shape index (κ3) is 3.38. The van der Waals surface area contributed by atoms with Crippen LogP contribution in [0, 0.1) is 6.92 Å². The van der Waals surface area contributed by atoms with Crippen LogP contribution >= 0.6 is 11.3 Å². The highest BCUT2D eigenvalue weighted by molar-refractivity contribution is 7.19. The molecule has 0 aliphatic carbocycles. The van der Waals surface area contributed by atoms with Crippen LogP contribution < -0.4 is 16.5 Å². The van der Waals surface area contributed by atoms with Crippen molar-refractivity contribution >= 4 is 38.5 Å². The third-order valence-corrected chi connectivity index (χ3v) is 6.16. The second-order valence-corrected chi connectivity index (χ2v) is 8.41. The number of carbonyl (C=O) groups excluding carboxylic acids is 1. The fraction of sp³-hybridized carbons (Fsp3) is 0.0870. The minimum atomic E-state index is -0.528. The predicted octanol–water partition coefficient (Wildman–Crippen LogP) is 2.91. The molecule has 0 radical (unpaired) electrons. The van der Waals surface area contributed by atoms with E-state index in [9.17, 15) is 14.4 Å². The van der Waals surface area contributed by atoms with Gasteiger partial charge in [-0.15, -0.1) is 11.3 Å². The third-order valence-electron chi connectivity index (χ3n) is 5.15. The standard InChI is InChI=1S/C23H17N5O3S/c1-14-20(15-7-3-2-4-8-15)21-22(32-14)25-13-28(23(21)31)26-18(29)12-27-17-10-6-5-9-16(17)24-11-19(27)30/h2-11,13H,12H2,1H3,(H,26,29). The Hall–Kier alpha value is -4.11. The fourth-order valence-corrected chi connectivity index (χ4v) is 4.73. The van der Waals surface area contributed by atoms with Gasteiger partial charge in [-0.2, -0.15) is 0 Å². The van der Waals surface area contributed by atoms with Crippen molar-refractivity contribution in [2.24, 2.45) is 0 Å². The van der Waals surface area contributed by atoms with Crippen molar-refractivity contribution in [3.05, 3.63) is 92.7 Å². The minimum Gasteiger partial charge on any atom is -0.296 e. The van der Waals surface area contributed by atoms with E-state index in [0.29, 0.717) is 21.3 Å². The molecule has 0 atom stereocenters. The molecule has 1 N–H and O–H groups in total. The van der Waals surface area contributed by atoms with Crippen molar-refractivity contribution in [3.8, 4) is 11.1 Å². The molecule has 32 heavy (non-hydrogen) atoms. The van der Waals surface area contributed by atoms with E-state index in [4.69, 9.17) is 0 Å². The highest BCUT2D eigenvalue weighted by atomic mass is 32.1. The number of aryl methyl sites for hydroxylation is 1. The lowest BCUT2D eigenvalue weighted by molar-refractivity contribution is -0.117. The van der Waals surface area contributed by atoms with Crippen LogP contribution in [0.25, 0.3) is 32.4 Å². The lowest BCUT2D eigenvalue weighted by atomic mass is 10.0. The van der Waals surface area contributed by atoms with Crippen LogP contribution in [0.3, 0.4) is 0 Å². The molecule has 9 heteroatoms. The van der Waals surface area contributed by atoms with Crippen molar-refractivity contribution in [2.45, 2.75) is 13.5 Å². The van der Waals surface area contributed by atoms with Gasteiger partial charge in [-0.3, -0.25) is 24.4 Å². The van der Waals surface area contributed by atoms with E-state index in [1.807, 2.05) is 37.3 Å². The Bertz CT molecular complexity index is 1600. The number of nitrogens with zero attached hydrogens (tertiary/aromatic N) is 4. The number of carbonyl (C=O) groups is 1. The molecule has 0 spiro atoms. The van der Waals surface area contributed by atoms with Crippen LogP contribution in [0.1, 0.15) is 4.88 Å². The summed E-state index contributed by atoms with van der Waals surface area (Å²) >= 11 is 1.43. The zero-order chi connectivity index (χ0) is 22.2. The summed E-state index contributed by atoms with van der Waals surface area (Å²) in [5.41, 5.74) is 4.63. The zero-order valence-electron chi connectivity index (χ0n) is 17.0. The molecule has 158 valence electrons. The first kappa shape index (κ1) is 19.8. The molecule has 0 aliphatic rings. The monoisotopic (exact) mass is 443 g/mol. The molecule has 0 aliphatic heterocycles. The number of hydrogen-bond acceptors (Lipinski definition) is 6. The van der Waals surface area contributed by atoms with Gasteiger partial charge < -0.3 is 0 Å². The first-order chi connectivity index (χ1) is 15.5. The van der Waals surface area contributed by atoms with Gasteiger partial charge in [0.1, 0.15) is 17.7 Å². The Kier molecular flexibility index (Phi) is 4.87. The SMILES string of the molecule is Cc1sc2ncn(NC(=O)Cn3c(=O)cnc4ccccc43)c(=O)c2c1-c1ccccc1. The summed E-state index contributed by atoms with van der Waals surface area (Å²) in [5, 5.41) is 0.452. The molecule has 0 saturated carbocycles. The van der Waals surface area contributed by atoms with Gasteiger partial charge in [-0.1, -0.05) is 42.5 Å². The summed E-state index contributed by atoms with van der Waals surface area (Å²) in [7, 11) is 0. The first-order valence-electron chi connectivity index (χ1n) is 9.83. The molecule has 0 unspecified atom stereocenters. The van der Waals surface area contributed by atoms with Gasteiger partial charge in [0, 0.05) is 10.4 Å². The number of para-hydroxylation sites is 2. The molecular weight excluding hydrogens is 426 g/mol. The average molecular weight is 443 g/mol. The van der Waals surface area contributed by atoms with Crippen LogP contribution in [0.5, 0.6) is 0 Å². The Labute approximate surface area is 185 Å². The summed E-state index contributed by atoms with van der Waals surface area (Å²) in [6.07, 6.45) is 2.47. The number of thiophene rings is 1. The molecule has 3 heterocycles. The van der Waals surface area contributed by atoms with E-state index in [0.717, 1.165) is 20.7 Å². The van der Waals surface area contributed by atoms with E-state index in [1.165, 1.54) is 28.4 Å². The summed E-state index contributed by atoms with van der Waals surface area (Å²) in [4.78, 5) is 48.3. The first-order valence-corrected chi connectivity index (χ1v) is 10.6. The number of fused-ring (bicyclic) bond motifs is 2. The number of nitrogens with one attached hydrogen (secondary N) is 1. The van der Waals surface area contributed by atoms with Gasteiger partial charge in [0.25, 0.3) is 17.0 Å². The van der Waals surface area contributed by atoms with Crippen molar-refractivity contribution < 1.29 is 4.79 Å². The highest BCUT2D eigenvalue weighted by Crippen LogP contribution is 2.35. The van der Waals surface area contributed by atoms with Crippen LogP contribution in [0.4, 0.5) is 0 Å². The van der Waals surface area contributed by atoms with Gasteiger partial charge in [0.05, 0.1) is 22.6 Å². The van der Waals surface area contributed by atoms with Crippen molar-refractivity contribution in [3.63, 3.8) is 0 Å². The number of rotatable bonds is 4. The largest absolute Gasteiger partial charge is 0.296 e. The van der Waals surface area contributed by atoms with Gasteiger partial charge in [-0.25, -0.2) is 14.6 Å². The Morgan fingerprint density at radius 3 is 2.59 bits per heavy atom. The van der Waals surface area contributed by atoms with Gasteiger partial charge in [0.15, 0.2) is 0 Å². The normalized spacial score (nSPS) is 11.2. The average Bonchev–Trinajstić information content (AvgIpc) is 3.15. The summed E-state index contributed by atoms with van der Waals surface area (Å²) in [5.74, 6) is -0.528. The fourth-order valence-electron chi connectivity index (χ4n) is 3.73. The topological polar surface area (TPSA) is 98.9 Å². The molecule has 5 rings (SSSR count). The molecule has 5 aromatic rings. The maximum Gasteiger partial charge on any atom is 0.281 e. The number of hydrogen-bond donors (Lipinski definition) is 1. The quantitative estimate of drug-likeness (QED) is 0.461. The summed E-state index contributed by atoms with van der Waals surface area (Å²) in [6, 6.07) is 16.6.